The topological polar surface area (TPSA) is 65.1 Å². The highest BCUT2D eigenvalue weighted by Crippen LogP contribution is 2.26. The zero-order valence-corrected chi connectivity index (χ0v) is 11.0. The Balaban J connectivity index is 2.32. The van der Waals surface area contributed by atoms with Crippen molar-refractivity contribution >= 4 is 11.6 Å². The quantitative estimate of drug-likeness (QED) is 0.880. The molecule has 0 saturated heterocycles. The third kappa shape index (κ3) is 2.40. The molecule has 0 fully saturated rings. The number of ether oxygens (including phenoxy) is 1. The maximum Gasteiger partial charge on any atom is 0.155 e. The van der Waals surface area contributed by atoms with E-state index >= 15 is 0 Å². The molecule has 0 aliphatic heterocycles. The van der Waals surface area contributed by atoms with E-state index in [1.165, 1.54) is 6.20 Å². The lowest BCUT2D eigenvalue weighted by atomic mass is 10.2. The van der Waals surface area contributed by atoms with Crippen molar-refractivity contribution in [2.24, 2.45) is 7.05 Å². The number of hydrogen-bond donors (Lipinski definition) is 1. The van der Waals surface area contributed by atoms with Crippen molar-refractivity contribution in [3.63, 3.8) is 0 Å². The Kier molecular flexibility index (Phi) is 4.00. The zero-order chi connectivity index (χ0) is 13.1. The highest BCUT2D eigenvalue weighted by Gasteiger charge is 2.22. The molecule has 0 spiro atoms. The number of halogens is 1. The third-order valence-corrected chi connectivity index (χ3v) is 2.99. The lowest BCUT2D eigenvalue weighted by Crippen LogP contribution is -2.15. The van der Waals surface area contributed by atoms with Gasteiger partial charge in [-0.2, -0.15) is 5.10 Å². The highest BCUT2D eigenvalue weighted by molar-refractivity contribution is 6.31. The van der Waals surface area contributed by atoms with Gasteiger partial charge in [0.1, 0.15) is 5.82 Å². The van der Waals surface area contributed by atoms with E-state index in [2.05, 4.69) is 10.1 Å². The number of hydrogen-bond acceptors (Lipinski definition) is 4. The summed E-state index contributed by atoms with van der Waals surface area (Å²) in [6.45, 7) is 1.03. The van der Waals surface area contributed by atoms with Gasteiger partial charge in [-0.3, -0.25) is 4.68 Å². The van der Waals surface area contributed by atoms with Gasteiger partial charge in [-0.15, -0.1) is 0 Å². The van der Waals surface area contributed by atoms with Crippen molar-refractivity contribution in [3.05, 3.63) is 35.1 Å². The predicted molar refractivity (Wildman–Crippen MR) is 66.4 cm³/mol. The van der Waals surface area contributed by atoms with Gasteiger partial charge in [0, 0.05) is 26.6 Å². The Labute approximate surface area is 110 Å². The highest BCUT2D eigenvalue weighted by atomic mass is 35.5. The molecule has 2 aromatic rings. The van der Waals surface area contributed by atoms with Crippen molar-refractivity contribution in [2.75, 3.05) is 13.7 Å². The standard InChI is InChI=1S/C11H15ClN4O2/c1-15-4-3-13-11(15)10(17)9-8(12)7-14-16(9)5-6-18-2/h3-4,7,10,17H,5-6H2,1-2H3. The molecule has 0 aromatic carbocycles. The smallest absolute Gasteiger partial charge is 0.155 e. The van der Waals surface area contributed by atoms with Crippen molar-refractivity contribution in [1.29, 1.82) is 0 Å². The fourth-order valence-corrected chi connectivity index (χ4v) is 2.01. The largest absolute Gasteiger partial charge is 0.383 e. The van der Waals surface area contributed by atoms with Crippen LogP contribution in [0.2, 0.25) is 5.02 Å². The number of aliphatic hydroxyl groups is 1. The number of methoxy groups -OCH3 is 1. The maximum absolute atomic E-state index is 10.3. The molecule has 0 radical (unpaired) electrons. The lowest BCUT2D eigenvalue weighted by molar-refractivity contribution is 0.167. The summed E-state index contributed by atoms with van der Waals surface area (Å²) in [4.78, 5) is 4.12. The normalized spacial score (nSPS) is 12.9. The fourth-order valence-electron chi connectivity index (χ4n) is 1.76. The molecule has 0 saturated carbocycles. The Morgan fingerprint density at radius 1 is 1.56 bits per heavy atom. The SMILES string of the molecule is COCCn1ncc(Cl)c1C(O)c1nccn1C. The van der Waals surface area contributed by atoms with Gasteiger partial charge in [0.05, 0.1) is 30.1 Å². The minimum Gasteiger partial charge on any atom is -0.383 e. The monoisotopic (exact) mass is 270 g/mol. The maximum atomic E-state index is 10.3. The van der Waals surface area contributed by atoms with Gasteiger partial charge in [0.2, 0.25) is 0 Å². The van der Waals surface area contributed by atoms with E-state index in [1.54, 1.807) is 28.8 Å². The van der Waals surface area contributed by atoms with E-state index in [-0.39, 0.29) is 0 Å². The molecule has 0 aliphatic rings. The summed E-state index contributed by atoms with van der Waals surface area (Å²) < 4.78 is 8.37. The van der Waals surface area contributed by atoms with Gasteiger partial charge in [0.25, 0.3) is 0 Å². The molecule has 7 heteroatoms. The van der Waals surface area contributed by atoms with Gasteiger partial charge in [-0.25, -0.2) is 4.98 Å². The first kappa shape index (κ1) is 13.1. The van der Waals surface area contributed by atoms with Crippen LogP contribution in [-0.2, 0) is 18.3 Å². The molecule has 1 unspecified atom stereocenters. The van der Waals surface area contributed by atoms with E-state index in [0.717, 1.165) is 0 Å². The molecule has 0 aliphatic carbocycles. The molecule has 2 aromatic heterocycles. The first-order valence-electron chi connectivity index (χ1n) is 5.50. The number of aryl methyl sites for hydroxylation is 1. The van der Waals surface area contributed by atoms with Crippen LogP contribution < -0.4 is 0 Å². The summed E-state index contributed by atoms with van der Waals surface area (Å²) in [5, 5.41) is 14.9. The summed E-state index contributed by atoms with van der Waals surface area (Å²) in [7, 11) is 3.43. The number of rotatable bonds is 5. The van der Waals surface area contributed by atoms with Gasteiger partial charge < -0.3 is 14.4 Å². The first-order valence-corrected chi connectivity index (χ1v) is 5.88. The second-order valence-electron chi connectivity index (χ2n) is 3.89. The van der Waals surface area contributed by atoms with Crippen LogP contribution in [0.5, 0.6) is 0 Å². The molecular formula is C11H15ClN4O2. The van der Waals surface area contributed by atoms with Gasteiger partial charge in [-0.05, 0) is 0 Å². The second kappa shape index (κ2) is 5.51. The molecule has 0 bridgehead atoms. The number of imidazole rings is 1. The number of aromatic nitrogens is 4. The molecule has 0 amide bonds. The average Bonchev–Trinajstić information content (AvgIpc) is 2.92. The first-order chi connectivity index (χ1) is 8.65. The molecule has 2 rings (SSSR count). The average molecular weight is 271 g/mol. The van der Waals surface area contributed by atoms with Crippen molar-refractivity contribution in [3.8, 4) is 0 Å². The Morgan fingerprint density at radius 3 is 2.94 bits per heavy atom. The van der Waals surface area contributed by atoms with Crippen molar-refractivity contribution in [2.45, 2.75) is 12.6 Å². The Bertz CT molecular complexity index is 523. The van der Waals surface area contributed by atoms with E-state index in [1.807, 2.05) is 7.05 Å². The van der Waals surface area contributed by atoms with Gasteiger partial charge in [0.15, 0.2) is 6.10 Å². The molecule has 18 heavy (non-hydrogen) atoms. The Morgan fingerprint density at radius 2 is 2.33 bits per heavy atom. The minimum absolute atomic E-state index is 0.418. The van der Waals surface area contributed by atoms with Crippen molar-refractivity contribution < 1.29 is 9.84 Å². The van der Waals surface area contributed by atoms with Crippen LogP contribution >= 0.6 is 11.6 Å². The van der Waals surface area contributed by atoms with E-state index in [9.17, 15) is 5.11 Å². The van der Waals surface area contributed by atoms with E-state index in [4.69, 9.17) is 16.3 Å². The summed E-state index contributed by atoms with van der Waals surface area (Å²) in [6, 6.07) is 0. The lowest BCUT2D eigenvalue weighted by Gasteiger charge is -2.13. The van der Waals surface area contributed by atoms with Crippen molar-refractivity contribution in [1.82, 2.24) is 19.3 Å². The second-order valence-corrected chi connectivity index (χ2v) is 4.30. The molecule has 98 valence electrons. The van der Waals surface area contributed by atoms with Crippen LogP contribution in [0.3, 0.4) is 0 Å². The van der Waals surface area contributed by atoms with Crippen LogP contribution in [0.15, 0.2) is 18.6 Å². The summed E-state index contributed by atoms with van der Waals surface area (Å²) in [6.07, 6.45) is 4.00. The van der Waals surface area contributed by atoms with Gasteiger partial charge in [-0.1, -0.05) is 11.6 Å². The molecule has 6 nitrogen and oxygen atoms in total. The summed E-state index contributed by atoms with van der Waals surface area (Å²) in [5.41, 5.74) is 0.531. The molecular weight excluding hydrogens is 256 g/mol. The van der Waals surface area contributed by atoms with Gasteiger partial charge >= 0.3 is 0 Å². The van der Waals surface area contributed by atoms with E-state index in [0.29, 0.717) is 29.7 Å². The van der Waals surface area contributed by atoms with Crippen LogP contribution in [0, 0.1) is 0 Å². The summed E-state index contributed by atoms with van der Waals surface area (Å²) in [5.74, 6) is 0.524. The van der Waals surface area contributed by atoms with Crippen LogP contribution in [-0.4, -0.2) is 38.2 Å². The molecule has 1 atom stereocenters. The molecule has 1 N–H and O–H groups in total. The predicted octanol–water partition coefficient (Wildman–Crippen LogP) is 0.998. The molecule has 2 heterocycles. The Hall–Kier alpha value is -1.37. The van der Waals surface area contributed by atoms with Crippen LogP contribution in [0.25, 0.3) is 0 Å². The third-order valence-electron chi connectivity index (χ3n) is 2.70. The summed E-state index contributed by atoms with van der Waals surface area (Å²) >= 11 is 6.07. The van der Waals surface area contributed by atoms with Crippen LogP contribution in [0.4, 0.5) is 0 Å². The van der Waals surface area contributed by atoms with E-state index < -0.39 is 6.10 Å². The van der Waals surface area contributed by atoms with Crippen LogP contribution in [0.1, 0.15) is 17.6 Å². The number of aliphatic hydroxyl groups excluding tert-OH is 1. The zero-order valence-electron chi connectivity index (χ0n) is 10.2. The number of nitrogens with zero attached hydrogens (tertiary/aromatic N) is 4. The minimum atomic E-state index is -0.906. The fraction of sp³-hybridized carbons (Fsp3) is 0.455.